The number of thiophene rings is 1. The summed E-state index contributed by atoms with van der Waals surface area (Å²) < 4.78 is 0. The molecule has 0 saturated carbocycles. The van der Waals surface area contributed by atoms with E-state index in [1.165, 1.54) is 0 Å². The van der Waals surface area contributed by atoms with Crippen molar-refractivity contribution in [2.24, 2.45) is 0 Å². The Morgan fingerprint density at radius 3 is 2.68 bits per heavy atom. The number of amides is 2. The van der Waals surface area contributed by atoms with Crippen LogP contribution in [0.2, 0.25) is 0 Å². The predicted octanol–water partition coefficient (Wildman–Crippen LogP) is 2.31. The second-order valence-electron chi connectivity index (χ2n) is 6.88. The highest BCUT2D eigenvalue weighted by Crippen LogP contribution is 2.34. The third kappa shape index (κ3) is 2.85. The van der Waals surface area contributed by atoms with Gasteiger partial charge in [-0.2, -0.15) is 11.3 Å². The quantitative estimate of drug-likeness (QED) is 0.830. The van der Waals surface area contributed by atoms with E-state index in [9.17, 15) is 9.59 Å². The number of rotatable bonds is 2. The fourth-order valence-electron chi connectivity index (χ4n) is 3.84. The van der Waals surface area contributed by atoms with Crippen LogP contribution >= 0.6 is 11.3 Å². The molecule has 4 rings (SSSR count). The van der Waals surface area contributed by atoms with Crippen molar-refractivity contribution in [2.75, 3.05) is 38.1 Å². The van der Waals surface area contributed by atoms with Crippen molar-refractivity contribution in [3.63, 3.8) is 0 Å². The summed E-state index contributed by atoms with van der Waals surface area (Å²) in [4.78, 5) is 31.2. The summed E-state index contributed by atoms with van der Waals surface area (Å²) in [6, 6.07) is 11.4. The second kappa shape index (κ2) is 6.28. The normalized spacial score (nSPS) is 24.3. The second-order valence-corrected chi connectivity index (χ2v) is 7.66. The number of anilines is 1. The maximum Gasteiger partial charge on any atom is 0.253 e. The number of carbonyl (C=O) groups excluding carboxylic acids is 2. The van der Waals surface area contributed by atoms with Gasteiger partial charge >= 0.3 is 0 Å². The van der Waals surface area contributed by atoms with E-state index in [-0.39, 0.29) is 17.4 Å². The molecule has 0 bridgehead atoms. The molecular weight excluding hydrogens is 334 g/mol. The van der Waals surface area contributed by atoms with Crippen LogP contribution in [0.15, 0.2) is 47.2 Å². The molecule has 2 saturated heterocycles. The Hall–Kier alpha value is -2.18. The van der Waals surface area contributed by atoms with Crippen molar-refractivity contribution >= 4 is 28.8 Å². The molecule has 0 radical (unpaired) electrons. The topological polar surface area (TPSA) is 43.9 Å². The average Bonchev–Trinajstić information content (AvgIpc) is 3.29. The summed E-state index contributed by atoms with van der Waals surface area (Å²) in [5.41, 5.74) is 1.53. The number of benzene rings is 1. The fourth-order valence-corrected chi connectivity index (χ4v) is 4.48. The van der Waals surface area contributed by atoms with Gasteiger partial charge in [0, 0.05) is 30.6 Å². The monoisotopic (exact) mass is 355 g/mol. The summed E-state index contributed by atoms with van der Waals surface area (Å²) in [6.45, 7) is 2.41. The average molecular weight is 355 g/mol. The number of likely N-dealkylation sites (tertiary alicyclic amines) is 1. The summed E-state index contributed by atoms with van der Waals surface area (Å²) in [5.74, 6) is 0.198. The molecule has 1 spiro atoms. The first-order valence-electron chi connectivity index (χ1n) is 8.47. The van der Waals surface area contributed by atoms with Crippen LogP contribution in [0.5, 0.6) is 0 Å². The summed E-state index contributed by atoms with van der Waals surface area (Å²) >= 11 is 1.60. The van der Waals surface area contributed by atoms with Crippen molar-refractivity contribution in [3.05, 3.63) is 52.7 Å². The zero-order valence-electron chi connectivity index (χ0n) is 14.2. The van der Waals surface area contributed by atoms with Gasteiger partial charge in [-0.1, -0.05) is 18.2 Å². The summed E-state index contributed by atoms with van der Waals surface area (Å²) in [6.07, 6.45) is 0.885. The largest absolute Gasteiger partial charge is 0.337 e. The highest BCUT2D eigenvalue weighted by Gasteiger charge is 2.48. The molecule has 25 heavy (non-hydrogen) atoms. The molecule has 130 valence electrons. The lowest BCUT2D eigenvalue weighted by atomic mass is 9.93. The smallest absolute Gasteiger partial charge is 0.253 e. The molecule has 6 heteroatoms. The van der Waals surface area contributed by atoms with Crippen LogP contribution in [0.4, 0.5) is 5.69 Å². The van der Waals surface area contributed by atoms with Crippen molar-refractivity contribution in [1.29, 1.82) is 0 Å². The van der Waals surface area contributed by atoms with E-state index in [0.717, 1.165) is 24.2 Å². The van der Waals surface area contributed by atoms with Gasteiger partial charge in [-0.25, -0.2) is 0 Å². The van der Waals surface area contributed by atoms with Gasteiger partial charge in [0.1, 0.15) is 0 Å². The molecule has 2 aromatic rings. The van der Waals surface area contributed by atoms with Crippen LogP contribution in [0.3, 0.4) is 0 Å². The summed E-state index contributed by atoms with van der Waals surface area (Å²) in [5, 5.41) is 4.01. The van der Waals surface area contributed by atoms with Crippen LogP contribution in [0, 0.1) is 0 Å². The molecule has 1 aromatic heterocycles. The minimum Gasteiger partial charge on any atom is -0.337 e. The van der Waals surface area contributed by atoms with Crippen molar-refractivity contribution in [2.45, 2.75) is 12.0 Å². The SMILES string of the molecule is CN1CC(=O)N(c2ccsc2)C[C@]12CCN(C(=O)c1ccccc1)C2. The zero-order valence-corrected chi connectivity index (χ0v) is 15.0. The lowest BCUT2D eigenvalue weighted by Gasteiger charge is -2.46. The molecule has 1 aromatic carbocycles. The molecule has 0 N–H and O–H groups in total. The maximum atomic E-state index is 12.8. The Balaban J connectivity index is 1.55. The number of carbonyl (C=O) groups is 2. The molecule has 5 nitrogen and oxygen atoms in total. The Labute approximate surface area is 151 Å². The number of piperazine rings is 1. The van der Waals surface area contributed by atoms with E-state index in [2.05, 4.69) is 4.90 Å². The molecule has 2 amide bonds. The Kier molecular flexibility index (Phi) is 4.09. The van der Waals surface area contributed by atoms with Gasteiger partial charge in [0.05, 0.1) is 17.8 Å². The van der Waals surface area contributed by atoms with Crippen LogP contribution in [-0.4, -0.2) is 60.4 Å². The number of likely N-dealkylation sites (N-methyl/N-ethyl adjacent to an activating group) is 1. The first-order chi connectivity index (χ1) is 12.1. The number of hydrogen-bond acceptors (Lipinski definition) is 4. The van der Waals surface area contributed by atoms with Gasteiger partial charge in [-0.15, -0.1) is 0 Å². The molecule has 2 aliphatic rings. The van der Waals surface area contributed by atoms with Crippen LogP contribution < -0.4 is 4.90 Å². The lowest BCUT2D eigenvalue weighted by Crippen LogP contribution is -2.64. The third-order valence-corrected chi connectivity index (χ3v) is 6.06. The Bertz CT molecular complexity index is 777. The lowest BCUT2D eigenvalue weighted by molar-refractivity contribution is -0.123. The van der Waals surface area contributed by atoms with Gasteiger partial charge in [0.15, 0.2) is 0 Å². The van der Waals surface area contributed by atoms with Crippen molar-refractivity contribution in [3.8, 4) is 0 Å². The van der Waals surface area contributed by atoms with Crippen LogP contribution in [-0.2, 0) is 4.79 Å². The highest BCUT2D eigenvalue weighted by molar-refractivity contribution is 7.08. The molecule has 2 aliphatic heterocycles. The van der Waals surface area contributed by atoms with Gasteiger partial charge in [0.25, 0.3) is 5.91 Å². The van der Waals surface area contributed by atoms with E-state index in [1.54, 1.807) is 11.3 Å². The van der Waals surface area contributed by atoms with Crippen molar-refractivity contribution in [1.82, 2.24) is 9.80 Å². The number of nitrogens with zero attached hydrogens (tertiary/aromatic N) is 3. The van der Waals surface area contributed by atoms with Gasteiger partial charge < -0.3 is 9.80 Å². The first-order valence-corrected chi connectivity index (χ1v) is 9.41. The molecule has 0 aliphatic carbocycles. The van der Waals surface area contributed by atoms with E-state index in [0.29, 0.717) is 19.6 Å². The first kappa shape index (κ1) is 16.3. The summed E-state index contributed by atoms with van der Waals surface area (Å²) in [7, 11) is 2.00. The molecule has 0 unspecified atom stereocenters. The maximum absolute atomic E-state index is 12.8. The van der Waals surface area contributed by atoms with E-state index < -0.39 is 0 Å². The van der Waals surface area contributed by atoms with Gasteiger partial charge in [0.2, 0.25) is 5.91 Å². The Morgan fingerprint density at radius 2 is 1.96 bits per heavy atom. The van der Waals surface area contributed by atoms with Crippen molar-refractivity contribution < 1.29 is 9.59 Å². The Morgan fingerprint density at radius 1 is 1.16 bits per heavy atom. The van der Waals surface area contributed by atoms with Gasteiger partial charge in [-0.3, -0.25) is 14.5 Å². The molecule has 2 fully saturated rings. The predicted molar refractivity (Wildman–Crippen MR) is 99.0 cm³/mol. The highest BCUT2D eigenvalue weighted by atomic mass is 32.1. The molecule has 1 atom stereocenters. The van der Waals surface area contributed by atoms with E-state index >= 15 is 0 Å². The molecular formula is C19H21N3O2S. The number of hydrogen-bond donors (Lipinski definition) is 0. The standard InChI is InChI=1S/C19H21N3O2S/c1-20-11-17(23)22(16-7-10-25-12-16)14-19(20)8-9-21(13-19)18(24)15-5-3-2-4-6-15/h2-7,10,12H,8-9,11,13-14H2,1H3/t19-/m1/s1. The minimum absolute atomic E-state index is 0.0739. The van der Waals surface area contributed by atoms with E-state index in [4.69, 9.17) is 0 Å². The van der Waals surface area contributed by atoms with Gasteiger partial charge in [-0.05, 0) is 37.0 Å². The van der Waals surface area contributed by atoms with Crippen LogP contribution in [0.1, 0.15) is 16.8 Å². The molecule has 3 heterocycles. The fraction of sp³-hybridized carbons (Fsp3) is 0.368. The third-order valence-electron chi connectivity index (χ3n) is 5.39. The van der Waals surface area contributed by atoms with Crippen LogP contribution in [0.25, 0.3) is 0 Å². The minimum atomic E-state index is -0.166. The zero-order chi connectivity index (χ0) is 17.4. The van der Waals surface area contributed by atoms with E-state index in [1.807, 2.05) is 64.0 Å².